The maximum Gasteiger partial charge on any atom is 0.407 e. The number of benzene rings is 2. The van der Waals surface area contributed by atoms with E-state index in [1.165, 1.54) is 24.3 Å². The Hall–Kier alpha value is -2.52. The third kappa shape index (κ3) is 9.05. The predicted octanol–water partition coefficient (Wildman–Crippen LogP) is 8.22. The van der Waals surface area contributed by atoms with Crippen molar-refractivity contribution in [1.29, 1.82) is 0 Å². The molecule has 0 bridgehead atoms. The summed E-state index contributed by atoms with van der Waals surface area (Å²) in [4.78, 5) is 11.7. The smallest absolute Gasteiger partial charge is 0.407 e. The summed E-state index contributed by atoms with van der Waals surface area (Å²) in [7, 11) is 0. The van der Waals surface area contributed by atoms with Crippen molar-refractivity contribution in [3.05, 3.63) is 69.6 Å². The summed E-state index contributed by atoms with van der Waals surface area (Å²) in [6.45, 7) is 9.04. The molecule has 38 heavy (non-hydrogen) atoms. The summed E-state index contributed by atoms with van der Waals surface area (Å²) < 4.78 is 42.8. The van der Waals surface area contributed by atoms with Crippen molar-refractivity contribution in [2.45, 2.75) is 65.1 Å². The standard InChI is InChI=1S/C16H19ClFNO3.C11H11ClFNO.ClH/c1-9(19-15(20)22-16(2,3)4)5-10-6-12(18)7-11-8-13(17)21-14(10)11;1-6(14)2-7-3-9(13)4-8-5-10(12)15-11(7)8;/h6-9H,5H2,1-4H3,(H,19,20);3-6H,2,14H2,1H3;1H. The van der Waals surface area contributed by atoms with Gasteiger partial charge in [-0.2, -0.15) is 0 Å². The largest absolute Gasteiger partial charge is 0.444 e. The van der Waals surface area contributed by atoms with Crippen LogP contribution in [0.1, 0.15) is 45.7 Å². The van der Waals surface area contributed by atoms with Crippen molar-refractivity contribution in [2.75, 3.05) is 0 Å². The van der Waals surface area contributed by atoms with Crippen molar-refractivity contribution in [1.82, 2.24) is 5.32 Å². The first-order valence-electron chi connectivity index (χ1n) is 11.7. The van der Waals surface area contributed by atoms with Gasteiger partial charge in [-0.05, 0) is 100 Å². The van der Waals surface area contributed by atoms with Gasteiger partial charge in [-0.15, -0.1) is 12.4 Å². The molecule has 0 saturated carbocycles. The average Bonchev–Trinajstić information content (AvgIpc) is 3.27. The topological polar surface area (TPSA) is 90.6 Å². The first kappa shape index (κ1) is 31.7. The molecule has 6 nitrogen and oxygen atoms in total. The molecule has 0 aliphatic rings. The van der Waals surface area contributed by atoms with Crippen molar-refractivity contribution < 1.29 is 27.1 Å². The average molecular weight is 592 g/mol. The number of fused-ring (bicyclic) bond motifs is 2. The van der Waals surface area contributed by atoms with E-state index in [-0.39, 0.29) is 46.6 Å². The number of hydrogen-bond acceptors (Lipinski definition) is 5. The van der Waals surface area contributed by atoms with E-state index in [1.807, 2.05) is 13.8 Å². The lowest BCUT2D eigenvalue weighted by molar-refractivity contribution is 0.0508. The van der Waals surface area contributed by atoms with Crippen LogP contribution < -0.4 is 11.1 Å². The molecule has 2 atom stereocenters. The zero-order valence-electron chi connectivity index (χ0n) is 21.7. The molecule has 2 aromatic heterocycles. The molecule has 11 heteroatoms. The van der Waals surface area contributed by atoms with E-state index in [1.54, 1.807) is 32.9 Å². The van der Waals surface area contributed by atoms with Gasteiger partial charge in [0.2, 0.25) is 0 Å². The fourth-order valence-corrected chi connectivity index (χ4v) is 4.24. The lowest BCUT2D eigenvalue weighted by Crippen LogP contribution is -2.38. The van der Waals surface area contributed by atoms with Crippen LogP contribution in [0.15, 0.2) is 45.2 Å². The Morgan fingerprint density at radius 1 is 0.921 bits per heavy atom. The number of furan rings is 2. The van der Waals surface area contributed by atoms with Crippen molar-refractivity contribution in [2.24, 2.45) is 5.73 Å². The molecule has 208 valence electrons. The lowest BCUT2D eigenvalue weighted by atomic mass is 10.0. The molecule has 3 N–H and O–H groups in total. The highest BCUT2D eigenvalue weighted by Gasteiger charge is 2.19. The second-order valence-corrected chi connectivity index (χ2v) is 10.7. The second kappa shape index (κ2) is 13.0. The van der Waals surface area contributed by atoms with Gasteiger partial charge in [-0.25, -0.2) is 13.6 Å². The predicted molar refractivity (Wildman–Crippen MR) is 150 cm³/mol. The molecule has 2 unspecified atom stereocenters. The Balaban J connectivity index is 0.000000277. The van der Waals surface area contributed by atoms with Crippen LogP contribution in [0.4, 0.5) is 13.6 Å². The Morgan fingerprint density at radius 3 is 1.79 bits per heavy atom. The van der Waals surface area contributed by atoms with E-state index in [0.717, 1.165) is 5.56 Å². The molecule has 4 aromatic rings. The number of carbonyl (C=O) groups excluding carboxylic acids is 1. The molecule has 0 aliphatic heterocycles. The first-order valence-corrected chi connectivity index (χ1v) is 12.5. The molecule has 1 amide bonds. The number of carbonyl (C=O) groups is 1. The summed E-state index contributed by atoms with van der Waals surface area (Å²) in [6.07, 6.45) is 0.459. The Morgan fingerprint density at radius 2 is 1.37 bits per heavy atom. The normalized spacial score (nSPS) is 12.9. The minimum absolute atomic E-state index is 0. The zero-order chi connectivity index (χ0) is 27.5. The van der Waals surface area contributed by atoms with Crippen molar-refractivity contribution >= 4 is 63.6 Å². The molecular weight excluding hydrogens is 561 g/mol. The minimum Gasteiger partial charge on any atom is -0.444 e. The van der Waals surface area contributed by atoms with Gasteiger partial charge < -0.3 is 24.6 Å². The number of amides is 1. The van der Waals surface area contributed by atoms with Crippen LogP contribution in [0, 0.1) is 11.6 Å². The molecule has 0 spiro atoms. The van der Waals surface area contributed by atoms with Gasteiger partial charge >= 0.3 is 6.09 Å². The van der Waals surface area contributed by atoms with Crippen LogP contribution in [-0.2, 0) is 17.6 Å². The third-order valence-electron chi connectivity index (χ3n) is 5.09. The summed E-state index contributed by atoms with van der Waals surface area (Å²) >= 11 is 11.5. The highest BCUT2D eigenvalue weighted by molar-refractivity contribution is 6.30. The van der Waals surface area contributed by atoms with Crippen molar-refractivity contribution in [3.8, 4) is 0 Å². The summed E-state index contributed by atoms with van der Waals surface area (Å²) in [6, 6.07) is 8.46. The van der Waals surface area contributed by atoms with E-state index in [0.29, 0.717) is 40.3 Å². The SMILES string of the molecule is CC(Cc1cc(F)cc2cc(Cl)oc12)NC(=O)OC(C)(C)C.CC(N)Cc1cc(F)cc2cc(Cl)oc12.Cl. The molecular formula is C27H31Cl3F2N2O4. The van der Waals surface area contributed by atoms with Crippen LogP contribution in [0.3, 0.4) is 0 Å². The molecule has 4 rings (SSSR count). The highest BCUT2D eigenvalue weighted by atomic mass is 35.5. The summed E-state index contributed by atoms with van der Waals surface area (Å²) in [5.41, 5.74) is 7.67. The minimum atomic E-state index is -0.565. The third-order valence-corrected chi connectivity index (χ3v) is 5.46. The Kier molecular flexibility index (Phi) is 10.9. The second-order valence-electron chi connectivity index (χ2n) is 10.0. The molecule has 0 aliphatic carbocycles. The number of nitrogens with two attached hydrogens (primary N) is 1. The fourth-order valence-electron chi connectivity index (χ4n) is 3.85. The van der Waals surface area contributed by atoms with Crippen LogP contribution in [0.25, 0.3) is 21.9 Å². The Bertz CT molecular complexity index is 1400. The van der Waals surface area contributed by atoms with Crippen LogP contribution in [-0.4, -0.2) is 23.8 Å². The highest BCUT2D eigenvalue weighted by Crippen LogP contribution is 2.29. The molecule has 0 fully saturated rings. The lowest BCUT2D eigenvalue weighted by Gasteiger charge is -2.22. The first-order chi connectivity index (χ1) is 17.2. The Labute approximate surface area is 236 Å². The number of halogens is 5. The van der Waals surface area contributed by atoms with Gasteiger partial charge in [0.05, 0.1) is 0 Å². The maximum absolute atomic E-state index is 13.6. The van der Waals surface area contributed by atoms with E-state index in [4.69, 9.17) is 42.5 Å². The van der Waals surface area contributed by atoms with Gasteiger partial charge in [-0.3, -0.25) is 0 Å². The van der Waals surface area contributed by atoms with E-state index in [9.17, 15) is 13.6 Å². The molecule has 2 aromatic carbocycles. The number of alkyl carbamates (subject to hydrolysis) is 1. The van der Waals surface area contributed by atoms with Crippen LogP contribution >= 0.6 is 35.6 Å². The fraction of sp³-hybridized carbons (Fsp3) is 0.370. The van der Waals surface area contributed by atoms with Gasteiger partial charge in [0.15, 0.2) is 10.4 Å². The number of hydrogen-bond donors (Lipinski definition) is 2. The van der Waals surface area contributed by atoms with E-state index >= 15 is 0 Å². The number of rotatable bonds is 5. The number of nitrogens with one attached hydrogen (secondary N) is 1. The zero-order valence-corrected chi connectivity index (χ0v) is 24.0. The van der Waals surface area contributed by atoms with Gasteiger partial charge in [-0.1, -0.05) is 0 Å². The quantitative estimate of drug-likeness (QED) is 0.244. The van der Waals surface area contributed by atoms with Gasteiger partial charge in [0, 0.05) is 40.6 Å². The molecule has 0 radical (unpaired) electrons. The van der Waals surface area contributed by atoms with E-state index in [2.05, 4.69) is 5.32 Å². The number of ether oxygens (including phenoxy) is 1. The van der Waals surface area contributed by atoms with E-state index < -0.39 is 11.7 Å². The van der Waals surface area contributed by atoms with Crippen LogP contribution in [0.5, 0.6) is 0 Å². The summed E-state index contributed by atoms with van der Waals surface area (Å²) in [5.74, 6) is -0.667. The van der Waals surface area contributed by atoms with Gasteiger partial charge in [0.25, 0.3) is 0 Å². The maximum atomic E-state index is 13.6. The molecule has 0 saturated heterocycles. The van der Waals surface area contributed by atoms with Gasteiger partial charge in [0.1, 0.15) is 28.4 Å². The molecule has 2 heterocycles. The van der Waals surface area contributed by atoms with Crippen LogP contribution in [0.2, 0.25) is 10.4 Å². The monoisotopic (exact) mass is 590 g/mol. The summed E-state index contributed by atoms with van der Waals surface area (Å²) in [5, 5.41) is 4.46. The van der Waals surface area contributed by atoms with Crippen molar-refractivity contribution in [3.63, 3.8) is 0 Å².